The number of carbonyl (C=O) groups is 2. The first-order valence-corrected chi connectivity index (χ1v) is 7.99. The molecule has 0 aliphatic carbocycles. The first-order valence-electron chi connectivity index (χ1n) is 7.99. The molecule has 0 radical (unpaired) electrons. The van der Waals surface area contributed by atoms with Crippen LogP contribution in [0.5, 0.6) is 0 Å². The molecule has 1 aromatic carbocycles. The molecular weight excluding hydrogens is 355 g/mol. The molecule has 3 heterocycles. The maximum Gasteiger partial charge on any atom is 0.339 e. The quantitative estimate of drug-likeness (QED) is 0.573. The number of carboxylic acid groups (broad SMARTS) is 1. The molecule has 4 rings (SSSR count). The highest BCUT2D eigenvalue weighted by atomic mass is 19.1. The lowest BCUT2D eigenvalue weighted by molar-refractivity contribution is 0.0696. The third-order valence-electron chi connectivity index (χ3n) is 4.13. The van der Waals surface area contributed by atoms with E-state index in [0.29, 0.717) is 16.8 Å². The largest absolute Gasteiger partial charge is 0.478 e. The van der Waals surface area contributed by atoms with E-state index in [1.54, 1.807) is 25.4 Å². The van der Waals surface area contributed by atoms with Crippen LogP contribution in [-0.4, -0.2) is 31.6 Å². The number of carbonyl (C=O) groups excluding carboxylic acids is 1. The van der Waals surface area contributed by atoms with Crippen LogP contribution in [0.2, 0.25) is 0 Å². The summed E-state index contributed by atoms with van der Waals surface area (Å²) in [7, 11) is 0. The van der Waals surface area contributed by atoms with Gasteiger partial charge in [0.15, 0.2) is 5.65 Å². The van der Waals surface area contributed by atoms with Crippen LogP contribution in [0.3, 0.4) is 0 Å². The van der Waals surface area contributed by atoms with Crippen LogP contribution in [0.15, 0.2) is 47.3 Å². The lowest BCUT2D eigenvalue weighted by Gasteiger charge is -2.10. The van der Waals surface area contributed by atoms with Crippen molar-refractivity contribution in [1.29, 1.82) is 0 Å². The molecule has 0 saturated heterocycles. The van der Waals surface area contributed by atoms with E-state index in [1.807, 2.05) is 0 Å². The zero-order chi connectivity index (χ0) is 19.1. The van der Waals surface area contributed by atoms with Gasteiger partial charge in [0.05, 0.1) is 12.2 Å². The second-order valence-electron chi connectivity index (χ2n) is 5.97. The van der Waals surface area contributed by atoms with E-state index in [-0.39, 0.29) is 16.7 Å². The van der Waals surface area contributed by atoms with E-state index in [1.165, 1.54) is 22.8 Å². The molecule has 0 aliphatic rings. The molecule has 0 aliphatic heterocycles. The van der Waals surface area contributed by atoms with Gasteiger partial charge < -0.3 is 14.8 Å². The Morgan fingerprint density at radius 1 is 1.30 bits per heavy atom. The minimum atomic E-state index is -1.30. The fourth-order valence-corrected chi connectivity index (χ4v) is 2.84. The molecule has 1 atom stereocenters. The molecule has 0 unspecified atom stereocenters. The van der Waals surface area contributed by atoms with Gasteiger partial charge in [-0.05, 0) is 31.2 Å². The molecule has 2 N–H and O–H groups in total. The molecule has 4 aromatic rings. The molecular formula is C18H13FN4O4. The van der Waals surface area contributed by atoms with Crippen molar-refractivity contribution in [2.45, 2.75) is 13.0 Å². The molecule has 136 valence electrons. The minimum Gasteiger partial charge on any atom is -0.478 e. The first kappa shape index (κ1) is 16.7. The van der Waals surface area contributed by atoms with Crippen molar-refractivity contribution in [3.8, 4) is 0 Å². The van der Waals surface area contributed by atoms with Crippen LogP contribution in [0.25, 0.3) is 16.6 Å². The van der Waals surface area contributed by atoms with Gasteiger partial charge >= 0.3 is 5.97 Å². The summed E-state index contributed by atoms with van der Waals surface area (Å²) in [6.07, 6.45) is 4.63. The summed E-state index contributed by atoms with van der Waals surface area (Å²) in [6, 6.07) is 4.68. The Kier molecular flexibility index (Phi) is 3.84. The van der Waals surface area contributed by atoms with Crippen molar-refractivity contribution < 1.29 is 23.5 Å². The Morgan fingerprint density at radius 2 is 2.11 bits per heavy atom. The molecule has 0 fully saturated rings. The van der Waals surface area contributed by atoms with Gasteiger partial charge in [-0.25, -0.2) is 18.7 Å². The Labute approximate surface area is 151 Å². The van der Waals surface area contributed by atoms with Crippen molar-refractivity contribution >= 4 is 28.5 Å². The molecule has 3 aromatic heterocycles. The molecule has 0 saturated carbocycles. The van der Waals surface area contributed by atoms with Gasteiger partial charge in [-0.3, -0.25) is 4.79 Å². The average Bonchev–Trinajstić information content (AvgIpc) is 3.24. The first-order chi connectivity index (χ1) is 12.9. The normalized spacial score (nSPS) is 12.4. The molecule has 1 amide bonds. The number of nitrogens with zero attached hydrogens (tertiary/aromatic N) is 3. The number of amides is 1. The van der Waals surface area contributed by atoms with E-state index in [9.17, 15) is 19.1 Å². The SMILES string of the molecule is C[C@H](NC(=O)c1cnn2cccnc12)c1cc2cc(F)cc(C(=O)O)c2o1. The lowest BCUT2D eigenvalue weighted by atomic mass is 10.1. The summed E-state index contributed by atoms with van der Waals surface area (Å²) in [6.45, 7) is 1.67. The smallest absolute Gasteiger partial charge is 0.339 e. The van der Waals surface area contributed by atoms with Gasteiger partial charge in [0.25, 0.3) is 5.91 Å². The highest BCUT2D eigenvalue weighted by molar-refractivity contribution is 6.01. The van der Waals surface area contributed by atoms with Crippen LogP contribution >= 0.6 is 0 Å². The number of halogens is 1. The van der Waals surface area contributed by atoms with Crippen LogP contribution in [-0.2, 0) is 0 Å². The number of carboxylic acids is 1. The number of benzene rings is 1. The predicted molar refractivity (Wildman–Crippen MR) is 92.0 cm³/mol. The number of hydrogen-bond acceptors (Lipinski definition) is 5. The number of furan rings is 1. The van der Waals surface area contributed by atoms with Crippen molar-refractivity contribution in [2.75, 3.05) is 0 Å². The number of hydrogen-bond donors (Lipinski definition) is 2. The third-order valence-corrected chi connectivity index (χ3v) is 4.13. The molecule has 8 nitrogen and oxygen atoms in total. The van der Waals surface area contributed by atoms with E-state index in [0.717, 1.165) is 6.07 Å². The Morgan fingerprint density at radius 3 is 2.89 bits per heavy atom. The van der Waals surface area contributed by atoms with Crippen molar-refractivity contribution in [3.05, 3.63) is 65.6 Å². The van der Waals surface area contributed by atoms with E-state index >= 15 is 0 Å². The summed E-state index contributed by atoms with van der Waals surface area (Å²) in [5, 5.41) is 16.3. The van der Waals surface area contributed by atoms with Crippen molar-refractivity contribution in [1.82, 2.24) is 19.9 Å². The summed E-state index contributed by atoms with van der Waals surface area (Å²) in [5.74, 6) is -2.09. The third kappa shape index (κ3) is 2.88. The monoisotopic (exact) mass is 368 g/mol. The molecule has 0 spiro atoms. The highest BCUT2D eigenvalue weighted by Crippen LogP contribution is 2.28. The number of aromatic carboxylic acids is 1. The Hall–Kier alpha value is -3.75. The van der Waals surface area contributed by atoms with Gasteiger partial charge in [-0.2, -0.15) is 5.10 Å². The Balaban J connectivity index is 1.65. The lowest BCUT2D eigenvalue weighted by Crippen LogP contribution is -2.26. The topological polar surface area (TPSA) is 110 Å². The Bertz CT molecular complexity index is 1200. The molecule has 0 bridgehead atoms. The fraction of sp³-hybridized carbons (Fsp3) is 0.111. The van der Waals surface area contributed by atoms with Crippen molar-refractivity contribution in [3.63, 3.8) is 0 Å². The van der Waals surface area contributed by atoms with Crippen LogP contribution in [0.4, 0.5) is 4.39 Å². The summed E-state index contributed by atoms with van der Waals surface area (Å²) < 4.78 is 20.7. The second kappa shape index (κ2) is 6.20. The van der Waals surface area contributed by atoms with E-state index in [4.69, 9.17) is 4.42 Å². The van der Waals surface area contributed by atoms with E-state index < -0.39 is 23.7 Å². The number of rotatable bonds is 4. The van der Waals surface area contributed by atoms with Crippen LogP contribution in [0.1, 0.15) is 39.4 Å². The zero-order valence-corrected chi connectivity index (χ0v) is 14.0. The number of fused-ring (bicyclic) bond motifs is 2. The standard InChI is InChI=1S/C18H13FN4O4/c1-9(22-17(24)13-8-21-23-4-2-3-20-16(13)23)14-6-10-5-11(19)7-12(18(25)26)15(10)27-14/h2-9H,1H3,(H,22,24)(H,25,26)/t9-/m0/s1. The van der Waals surface area contributed by atoms with E-state index in [2.05, 4.69) is 15.4 Å². The highest BCUT2D eigenvalue weighted by Gasteiger charge is 2.21. The molecule has 9 heteroatoms. The summed E-state index contributed by atoms with van der Waals surface area (Å²) >= 11 is 0. The fourth-order valence-electron chi connectivity index (χ4n) is 2.84. The van der Waals surface area contributed by atoms with Gasteiger partial charge in [0.2, 0.25) is 0 Å². The average molecular weight is 368 g/mol. The van der Waals surface area contributed by atoms with Crippen LogP contribution < -0.4 is 5.32 Å². The van der Waals surface area contributed by atoms with Crippen molar-refractivity contribution in [2.24, 2.45) is 0 Å². The predicted octanol–water partition coefficient (Wildman–Crippen LogP) is 2.80. The number of aromatic nitrogens is 3. The second-order valence-corrected chi connectivity index (χ2v) is 5.97. The van der Waals surface area contributed by atoms with Gasteiger partial charge in [0, 0.05) is 17.8 Å². The summed E-state index contributed by atoms with van der Waals surface area (Å²) in [5.41, 5.74) is 0.470. The maximum atomic E-state index is 13.6. The summed E-state index contributed by atoms with van der Waals surface area (Å²) in [4.78, 5) is 28.0. The zero-order valence-electron chi connectivity index (χ0n) is 14.0. The minimum absolute atomic E-state index is 0.0534. The van der Waals surface area contributed by atoms with Gasteiger partial charge in [-0.1, -0.05) is 0 Å². The number of nitrogens with one attached hydrogen (secondary N) is 1. The maximum absolute atomic E-state index is 13.6. The van der Waals surface area contributed by atoms with Crippen LogP contribution in [0, 0.1) is 5.82 Å². The molecule has 27 heavy (non-hydrogen) atoms. The van der Waals surface area contributed by atoms with Gasteiger partial charge in [0.1, 0.15) is 28.3 Å². The van der Waals surface area contributed by atoms with Gasteiger partial charge in [-0.15, -0.1) is 0 Å².